The van der Waals surface area contributed by atoms with Gasteiger partial charge in [0.25, 0.3) is 0 Å². The number of nitrogens with one attached hydrogen (secondary N) is 1. The number of fused-ring (bicyclic) bond motifs is 1. The van der Waals surface area contributed by atoms with E-state index in [1.54, 1.807) is 7.05 Å². The maximum Gasteiger partial charge on any atom is 0.193 e. The van der Waals surface area contributed by atoms with Crippen LogP contribution in [0.2, 0.25) is 0 Å². The SMILES string of the molecule is CN=C(NCc1cc(F)cc2c1OCOC2)N1CCC(c2ccccc2)C1. The number of likely N-dealkylation sites (tertiary alicyclic amines) is 1. The molecule has 0 spiro atoms. The molecule has 2 aromatic rings. The molecule has 1 unspecified atom stereocenters. The Hall–Kier alpha value is -2.60. The molecule has 1 saturated heterocycles. The van der Waals surface area contributed by atoms with Gasteiger partial charge in [0, 0.05) is 43.7 Å². The van der Waals surface area contributed by atoms with Crippen molar-refractivity contribution in [2.75, 3.05) is 26.9 Å². The van der Waals surface area contributed by atoms with Gasteiger partial charge >= 0.3 is 0 Å². The normalized spacial score (nSPS) is 19.6. The minimum absolute atomic E-state index is 0.200. The predicted molar refractivity (Wildman–Crippen MR) is 102 cm³/mol. The Bertz CT molecular complexity index is 826. The minimum atomic E-state index is -0.278. The van der Waals surface area contributed by atoms with Gasteiger partial charge in [-0.05, 0) is 24.1 Å². The Morgan fingerprint density at radius 1 is 1.30 bits per heavy atom. The van der Waals surface area contributed by atoms with E-state index in [1.165, 1.54) is 17.7 Å². The van der Waals surface area contributed by atoms with Crippen LogP contribution in [-0.4, -0.2) is 37.8 Å². The van der Waals surface area contributed by atoms with Gasteiger partial charge in [-0.25, -0.2) is 4.39 Å². The lowest BCUT2D eigenvalue weighted by Gasteiger charge is -2.24. The van der Waals surface area contributed by atoms with Crippen LogP contribution in [0.1, 0.15) is 29.0 Å². The molecule has 2 aromatic carbocycles. The Balaban J connectivity index is 1.43. The summed E-state index contributed by atoms with van der Waals surface area (Å²) in [5.74, 6) is 1.78. The highest BCUT2D eigenvalue weighted by atomic mass is 19.1. The quantitative estimate of drug-likeness (QED) is 0.666. The summed E-state index contributed by atoms with van der Waals surface area (Å²) in [5.41, 5.74) is 2.90. The summed E-state index contributed by atoms with van der Waals surface area (Å²) in [6.45, 7) is 2.91. The van der Waals surface area contributed by atoms with Crippen LogP contribution in [0.3, 0.4) is 0 Å². The van der Waals surface area contributed by atoms with E-state index in [0.717, 1.165) is 36.6 Å². The zero-order chi connectivity index (χ0) is 18.6. The molecule has 1 fully saturated rings. The van der Waals surface area contributed by atoms with Gasteiger partial charge in [-0.3, -0.25) is 4.99 Å². The van der Waals surface area contributed by atoms with E-state index in [-0.39, 0.29) is 12.6 Å². The molecule has 0 amide bonds. The van der Waals surface area contributed by atoms with E-state index < -0.39 is 0 Å². The monoisotopic (exact) mass is 369 g/mol. The molecule has 1 atom stereocenters. The fraction of sp³-hybridized carbons (Fsp3) is 0.381. The van der Waals surface area contributed by atoms with Crippen molar-refractivity contribution in [1.82, 2.24) is 10.2 Å². The summed E-state index contributed by atoms with van der Waals surface area (Å²) in [4.78, 5) is 6.68. The summed E-state index contributed by atoms with van der Waals surface area (Å²) in [6, 6.07) is 13.6. The van der Waals surface area contributed by atoms with Crippen molar-refractivity contribution in [3.05, 3.63) is 65.0 Å². The zero-order valence-electron chi connectivity index (χ0n) is 15.5. The average Bonchev–Trinajstić information content (AvgIpc) is 3.19. The third-order valence-electron chi connectivity index (χ3n) is 5.16. The minimum Gasteiger partial charge on any atom is -0.467 e. The van der Waals surface area contributed by atoms with Crippen molar-refractivity contribution in [2.45, 2.75) is 25.5 Å². The first-order chi connectivity index (χ1) is 13.2. The van der Waals surface area contributed by atoms with E-state index in [1.807, 2.05) is 6.07 Å². The van der Waals surface area contributed by atoms with Crippen LogP contribution < -0.4 is 10.1 Å². The summed E-state index contributed by atoms with van der Waals surface area (Å²) >= 11 is 0. The topological polar surface area (TPSA) is 46.1 Å². The number of rotatable bonds is 3. The molecule has 2 aliphatic rings. The number of aliphatic imine (C=N–C) groups is 1. The largest absolute Gasteiger partial charge is 0.467 e. The lowest BCUT2D eigenvalue weighted by atomic mass is 9.99. The van der Waals surface area contributed by atoms with E-state index in [2.05, 4.69) is 39.5 Å². The summed E-state index contributed by atoms with van der Waals surface area (Å²) in [7, 11) is 1.78. The molecule has 2 aliphatic heterocycles. The number of nitrogens with zero attached hydrogens (tertiary/aromatic N) is 2. The molecule has 0 radical (unpaired) electrons. The Labute approximate surface area is 158 Å². The van der Waals surface area contributed by atoms with E-state index in [4.69, 9.17) is 9.47 Å². The molecule has 27 heavy (non-hydrogen) atoms. The summed E-state index contributed by atoms with van der Waals surface area (Å²) in [6.07, 6.45) is 1.10. The van der Waals surface area contributed by atoms with Crippen molar-refractivity contribution in [2.24, 2.45) is 4.99 Å². The van der Waals surface area contributed by atoms with Gasteiger partial charge in [0.05, 0.1) is 6.61 Å². The number of guanidine groups is 1. The van der Waals surface area contributed by atoms with Crippen molar-refractivity contribution in [3.63, 3.8) is 0 Å². The van der Waals surface area contributed by atoms with Gasteiger partial charge < -0.3 is 19.7 Å². The van der Waals surface area contributed by atoms with E-state index in [9.17, 15) is 4.39 Å². The van der Waals surface area contributed by atoms with Crippen molar-refractivity contribution >= 4 is 5.96 Å². The van der Waals surface area contributed by atoms with Gasteiger partial charge in [0.2, 0.25) is 0 Å². The number of ether oxygens (including phenoxy) is 2. The predicted octanol–water partition coefficient (Wildman–Crippen LogP) is 3.26. The average molecular weight is 369 g/mol. The fourth-order valence-electron chi connectivity index (χ4n) is 3.84. The molecule has 4 rings (SSSR count). The highest BCUT2D eigenvalue weighted by molar-refractivity contribution is 5.80. The summed E-state index contributed by atoms with van der Waals surface area (Å²) < 4.78 is 24.8. The molecular formula is C21H24FN3O2. The second-order valence-electron chi connectivity index (χ2n) is 6.91. The number of hydrogen-bond donors (Lipinski definition) is 1. The molecule has 0 saturated carbocycles. The Kier molecular flexibility index (Phi) is 5.25. The highest BCUT2D eigenvalue weighted by Crippen LogP contribution is 2.30. The highest BCUT2D eigenvalue weighted by Gasteiger charge is 2.26. The van der Waals surface area contributed by atoms with E-state index in [0.29, 0.717) is 24.8 Å². The van der Waals surface area contributed by atoms with Gasteiger partial charge in [-0.2, -0.15) is 0 Å². The Morgan fingerprint density at radius 3 is 2.96 bits per heavy atom. The standard InChI is InChI=1S/C21H24FN3O2/c1-23-21(25-8-7-16(12-25)15-5-3-2-4-6-15)24-11-17-9-19(22)10-18-13-26-14-27-20(17)18/h2-6,9-10,16H,7-8,11-14H2,1H3,(H,23,24). The first-order valence-corrected chi connectivity index (χ1v) is 9.27. The van der Waals surface area contributed by atoms with Gasteiger partial charge in [-0.1, -0.05) is 30.3 Å². The second kappa shape index (κ2) is 7.96. The molecule has 0 aromatic heterocycles. The first kappa shape index (κ1) is 17.8. The van der Waals surface area contributed by atoms with Crippen LogP contribution in [-0.2, 0) is 17.9 Å². The first-order valence-electron chi connectivity index (χ1n) is 9.27. The number of hydrogen-bond acceptors (Lipinski definition) is 3. The molecule has 1 N–H and O–H groups in total. The molecule has 5 nitrogen and oxygen atoms in total. The van der Waals surface area contributed by atoms with Crippen LogP contribution in [0.4, 0.5) is 4.39 Å². The van der Waals surface area contributed by atoms with Crippen LogP contribution in [0.15, 0.2) is 47.5 Å². The molecule has 0 aliphatic carbocycles. The number of benzene rings is 2. The van der Waals surface area contributed by atoms with Gasteiger partial charge in [0.15, 0.2) is 12.8 Å². The van der Waals surface area contributed by atoms with Crippen LogP contribution >= 0.6 is 0 Å². The molecule has 6 heteroatoms. The van der Waals surface area contributed by atoms with Crippen molar-refractivity contribution in [3.8, 4) is 5.75 Å². The lowest BCUT2D eigenvalue weighted by molar-refractivity contribution is -0.0173. The Morgan fingerprint density at radius 2 is 2.15 bits per heavy atom. The maximum absolute atomic E-state index is 13.9. The van der Waals surface area contributed by atoms with Crippen molar-refractivity contribution in [1.29, 1.82) is 0 Å². The fourth-order valence-corrected chi connectivity index (χ4v) is 3.84. The van der Waals surface area contributed by atoms with Crippen LogP contribution in [0.5, 0.6) is 5.75 Å². The molecule has 0 bridgehead atoms. The van der Waals surface area contributed by atoms with Crippen molar-refractivity contribution < 1.29 is 13.9 Å². The third kappa shape index (κ3) is 3.90. The van der Waals surface area contributed by atoms with Gasteiger partial charge in [-0.15, -0.1) is 0 Å². The molecule has 142 valence electrons. The summed E-state index contributed by atoms with van der Waals surface area (Å²) in [5, 5.41) is 3.37. The second-order valence-corrected chi connectivity index (χ2v) is 6.91. The smallest absolute Gasteiger partial charge is 0.193 e. The third-order valence-corrected chi connectivity index (χ3v) is 5.16. The molecular weight excluding hydrogens is 345 g/mol. The number of halogens is 1. The zero-order valence-corrected chi connectivity index (χ0v) is 15.5. The van der Waals surface area contributed by atoms with Gasteiger partial charge in [0.1, 0.15) is 11.6 Å². The van der Waals surface area contributed by atoms with Crippen LogP contribution in [0.25, 0.3) is 0 Å². The maximum atomic E-state index is 13.9. The van der Waals surface area contributed by atoms with E-state index >= 15 is 0 Å². The van der Waals surface area contributed by atoms with Crippen LogP contribution in [0, 0.1) is 5.82 Å². The lowest BCUT2D eigenvalue weighted by Crippen LogP contribution is -2.39. The molecule has 2 heterocycles.